The van der Waals surface area contributed by atoms with E-state index >= 15 is 0 Å². The van der Waals surface area contributed by atoms with E-state index in [-0.39, 0.29) is 0 Å². The fourth-order valence-electron chi connectivity index (χ4n) is 1.29. The van der Waals surface area contributed by atoms with Gasteiger partial charge in [-0.15, -0.1) is 5.10 Å². The quantitative estimate of drug-likeness (QED) is 0.804. The maximum absolute atomic E-state index is 5.60. The van der Waals surface area contributed by atoms with Crippen LogP contribution in [0.1, 0.15) is 26.7 Å². The van der Waals surface area contributed by atoms with Gasteiger partial charge in [-0.2, -0.15) is 11.8 Å². The van der Waals surface area contributed by atoms with Gasteiger partial charge in [-0.05, 0) is 13.2 Å². The molecule has 1 aromatic heterocycles. The fraction of sp³-hybridized carbons (Fsp3) is 0.818. The van der Waals surface area contributed by atoms with E-state index in [1.54, 1.807) is 0 Å². The van der Waals surface area contributed by atoms with Crippen molar-refractivity contribution >= 4 is 17.8 Å². The Hall–Kier alpha value is -0.750. The summed E-state index contributed by atoms with van der Waals surface area (Å²) in [7, 11) is 1.98. The summed E-state index contributed by atoms with van der Waals surface area (Å²) in [5.41, 5.74) is 0. The molecule has 0 aliphatic carbocycles. The zero-order valence-corrected chi connectivity index (χ0v) is 12.0. The van der Waals surface area contributed by atoms with Crippen molar-refractivity contribution in [2.24, 2.45) is 0 Å². The molecule has 1 N–H and O–H groups in total. The molecule has 0 aliphatic heterocycles. The first kappa shape index (κ1) is 14.3. The van der Waals surface area contributed by atoms with E-state index in [9.17, 15) is 0 Å². The highest BCUT2D eigenvalue weighted by Gasteiger charge is 2.15. The van der Waals surface area contributed by atoms with Gasteiger partial charge in [-0.25, -0.2) is 0 Å². The molecule has 0 saturated heterocycles. The summed E-state index contributed by atoms with van der Waals surface area (Å²) in [6.45, 7) is 6.94. The van der Waals surface area contributed by atoms with Crippen LogP contribution >= 0.6 is 11.8 Å². The minimum atomic E-state index is 0.386. The molecule has 98 valence electrons. The highest BCUT2D eigenvalue weighted by atomic mass is 32.2. The Labute approximate surface area is 107 Å². The monoisotopic (exact) mass is 258 g/mol. The number of anilines is 1. The zero-order chi connectivity index (χ0) is 12.8. The van der Waals surface area contributed by atoms with Crippen molar-refractivity contribution in [1.29, 1.82) is 0 Å². The minimum absolute atomic E-state index is 0.386. The average Bonchev–Trinajstić information content (AvgIpc) is 2.74. The SMILES string of the molecule is CSCC(C)N(C)c1nnc(CNC(C)C)o1. The van der Waals surface area contributed by atoms with E-state index in [0.29, 0.717) is 30.5 Å². The number of nitrogens with one attached hydrogen (secondary N) is 1. The predicted octanol–water partition coefficient (Wildman–Crippen LogP) is 1.76. The first-order valence-corrected chi connectivity index (χ1v) is 7.21. The van der Waals surface area contributed by atoms with Crippen molar-refractivity contribution in [3.05, 3.63) is 5.89 Å². The number of rotatable bonds is 7. The number of thioether (sulfide) groups is 1. The van der Waals surface area contributed by atoms with Crippen molar-refractivity contribution in [2.45, 2.75) is 39.4 Å². The van der Waals surface area contributed by atoms with Gasteiger partial charge in [0.25, 0.3) is 0 Å². The molecule has 5 nitrogen and oxygen atoms in total. The summed E-state index contributed by atoms with van der Waals surface area (Å²) in [5.74, 6) is 1.68. The Kier molecular flexibility index (Phi) is 5.77. The van der Waals surface area contributed by atoms with Gasteiger partial charge in [0.2, 0.25) is 5.89 Å². The van der Waals surface area contributed by atoms with Crippen LogP contribution in [-0.2, 0) is 6.54 Å². The van der Waals surface area contributed by atoms with Crippen molar-refractivity contribution in [3.63, 3.8) is 0 Å². The Morgan fingerprint density at radius 1 is 1.35 bits per heavy atom. The lowest BCUT2D eigenvalue weighted by molar-refractivity contribution is 0.445. The third-order valence-corrected chi connectivity index (χ3v) is 3.30. The van der Waals surface area contributed by atoms with Crippen LogP contribution < -0.4 is 10.2 Å². The highest BCUT2D eigenvalue weighted by Crippen LogP contribution is 2.15. The van der Waals surface area contributed by atoms with Crippen LogP contribution in [0.15, 0.2) is 4.42 Å². The number of hydrogen-bond acceptors (Lipinski definition) is 6. The number of hydrogen-bond donors (Lipinski definition) is 1. The summed E-state index contributed by atoms with van der Waals surface area (Å²) in [5, 5.41) is 11.3. The molecular weight excluding hydrogens is 236 g/mol. The summed E-state index contributed by atoms with van der Waals surface area (Å²) in [6, 6.07) is 1.39. The molecule has 0 spiro atoms. The Balaban J connectivity index is 2.54. The zero-order valence-electron chi connectivity index (χ0n) is 11.2. The molecule has 0 saturated carbocycles. The molecule has 17 heavy (non-hydrogen) atoms. The van der Waals surface area contributed by atoms with Gasteiger partial charge >= 0.3 is 6.01 Å². The fourth-order valence-corrected chi connectivity index (χ4v) is 2.00. The van der Waals surface area contributed by atoms with Crippen LogP contribution in [-0.4, -0.2) is 41.3 Å². The Morgan fingerprint density at radius 3 is 2.65 bits per heavy atom. The standard InChI is InChI=1S/C11H22N4OS/c1-8(2)12-6-10-13-14-11(16-10)15(4)9(3)7-17-5/h8-9,12H,6-7H2,1-5H3. The summed E-state index contributed by atoms with van der Waals surface area (Å²) in [6.07, 6.45) is 2.09. The van der Waals surface area contributed by atoms with Gasteiger partial charge < -0.3 is 14.6 Å². The normalized spacial score (nSPS) is 13.1. The minimum Gasteiger partial charge on any atom is -0.407 e. The van der Waals surface area contributed by atoms with Gasteiger partial charge in [-0.1, -0.05) is 18.9 Å². The lowest BCUT2D eigenvalue weighted by Crippen LogP contribution is -2.31. The largest absolute Gasteiger partial charge is 0.407 e. The van der Waals surface area contributed by atoms with Crippen molar-refractivity contribution < 1.29 is 4.42 Å². The van der Waals surface area contributed by atoms with Gasteiger partial charge in [0.1, 0.15) is 0 Å². The molecule has 1 aromatic rings. The molecule has 0 bridgehead atoms. The van der Waals surface area contributed by atoms with Crippen LogP contribution in [0, 0.1) is 0 Å². The van der Waals surface area contributed by atoms with Crippen LogP contribution in [0.3, 0.4) is 0 Å². The van der Waals surface area contributed by atoms with E-state index in [4.69, 9.17) is 4.42 Å². The lowest BCUT2D eigenvalue weighted by atomic mass is 10.4. The molecule has 1 unspecified atom stereocenters. The van der Waals surface area contributed by atoms with Crippen molar-refractivity contribution in [3.8, 4) is 0 Å². The van der Waals surface area contributed by atoms with Crippen LogP contribution in [0.4, 0.5) is 6.01 Å². The van der Waals surface area contributed by atoms with Crippen molar-refractivity contribution in [1.82, 2.24) is 15.5 Å². The maximum Gasteiger partial charge on any atom is 0.318 e. The second-order valence-electron chi connectivity index (χ2n) is 4.43. The molecule has 0 radical (unpaired) electrons. The highest BCUT2D eigenvalue weighted by molar-refractivity contribution is 7.98. The van der Waals surface area contributed by atoms with Gasteiger partial charge in [0, 0.05) is 24.9 Å². The summed E-state index contributed by atoms with van der Waals surface area (Å²) < 4.78 is 5.60. The molecule has 0 aliphatic rings. The number of nitrogens with zero attached hydrogens (tertiary/aromatic N) is 3. The summed E-state index contributed by atoms with van der Waals surface area (Å²) >= 11 is 1.81. The third-order valence-electron chi connectivity index (χ3n) is 2.49. The first-order chi connectivity index (χ1) is 8.04. The van der Waals surface area contributed by atoms with E-state index in [2.05, 4.69) is 42.5 Å². The van der Waals surface area contributed by atoms with Gasteiger partial charge in [0.15, 0.2) is 0 Å². The molecule has 0 aromatic carbocycles. The average molecular weight is 258 g/mol. The topological polar surface area (TPSA) is 54.2 Å². The van der Waals surface area contributed by atoms with Crippen LogP contribution in [0.25, 0.3) is 0 Å². The molecular formula is C11H22N4OS. The van der Waals surface area contributed by atoms with Crippen LogP contribution in [0.5, 0.6) is 0 Å². The molecule has 0 amide bonds. The number of aromatic nitrogens is 2. The van der Waals surface area contributed by atoms with E-state index in [0.717, 1.165) is 5.75 Å². The van der Waals surface area contributed by atoms with Crippen molar-refractivity contribution in [2.75, 3.05) is 24.0 Å². The summed E-state index contributed by atoms with van der Waals surface area (Å²) in [4.78, 5) is 2.02. The molecule has 1 rings (SSSR count). The molecule has 0 fully saturated rings. The third kappa shape index (κ3) is 4.55. The van der Waals surface area contributed by atoms with Gasteiger partial charge in [-0.3, -0.25) is 0 Å². The predicted molar refractivity (Wildman–Crippen MR) is 72.5 cm³/mol. The Bertz CT molecular complexity index is 329. The smallest absolute Gasteiger partial charge is 0.318 e. The van der Waals surface area contributed by atoms with Crippen LogP contribution in [0.2, 0.25) is 0 Å². The second kappa shape index (κ2) is 6.86. The first-order valence-electron chi connectivity index (χ1n) is 5.82. The second-order valence-corrected chi connectivity index (χ2v) is 5.34. The molecule has 1 heterocycles. The van der Waals surface area contributed by atoms with E-state index in [1.807, 2.05) is 23.7 Å². The maximum atomic E-state index is 5.60. The van der Waals surface area contributed by atoms with Gasteiger partial charge in [0.05, 0.1) is 6.54 Å². The molecule has 1 atom stereocenters. The van der Waals surface area contributed by atoms with E-state index < -0.39 is 0 Å². The van der Waals surface area contributed by atoms with E-state index in [1.165, 1.54) is 0 Å². The molecule has 6 heteroatoms. The lowest BCUT2D eigenvalue weighted by Gasteiger charge is -2.21. The Morgan fingerprint density at radius 2 is 2.06 bits per heavy atom.